The molecular weight excluding hydrogens is 204 g/mol. The maximum Gasteiger partial charge on any atom is 0.251 e. The first-order chi connectivity index (χ1) is 7.84. The molecule has 4 heteroatoms. The van der Waals surface area contributed by atoms with Gasteiger partial charge in [0.05, 0.1) is 13.2 Å². The Hall–Kier alpha value is -1.55. The molecule has 2 aliphatic rings. The van der Waals surface area contributed by atoms with E-state index in [1.165, 1.54) is 5.69 Å². The second kappa shape index (κ2) is 3.79. The Morgan fingerprint density at radius 1 is 1.25 bits per heavy atom. The van der Waals surface area contributed by atoms with Gasteiger partial charge in [0.15, 0.2) is 0 Å². The number of ether oxygens (including phenoxy) is 1. The fourth-order valence-corrected chi connectivity index (χ4v) is 2.24. The van der Waals surface area contributed by atoms with E-state index in [2.05, 4.69) is 16.3 Å². The number of anilines is 1. The summed E-state index contributed by atoms with van der Waals surface area (Å²) < 4.78 is 5.32. The highest BCUT2D eigenvalue weighted by Gasteiger charge is 2.20. The smallest absolute Gasteiger partial charge is 0.251 e. The first-order valence-corrected chi connectivity index (χ1v) is 5.58. The molecule has 1 amide bonds. The second-order valence-electron chi connectivity index (χ2n) is 4.12. The van der Waals surface area contributed by atoms with Crippen molar-refractivity contribution >= 4 is 11.6 Å². The van der Waals surface area contributed by atoms with Crippen molar-refractivity contribution in [3.8, 4) is 0 Å². The van der Waals surface area contributed by atoms with Crippen LogP contribution in [0.4, 0.5) is 5.69 Å². The first kappa shape index (κ1) is 9.66. The lowest BCUT2D eigenvalue weighted by Crippen LogP contribution is -2.36. The number of hydrogen-bond donors (Lipinski definition) is 1. The minimum atomic E-state index is 0.0449. The molecule has 84 valence electrons. The van der Waals surface area contributed by atoms with E-state index in [1.807, 2.05) is 12.1 Å². The van der Waals surface area contributed by atoms with Gasteiger partial charge in [-0.2, -0.15) is 0 Å². The Kier molecular flexibility index (Phi) is 2.29. The van der Waals surface area contributed by atoms with Gasteiger partial charge in [-0.05, 0) is 23.8 Å². The number of amides is 1. The van der Waals surface area contributed by atoms with Crippen LogP contribution in [0.3, 0.4) is 0 Å². The molecule has 0 spiro atoms. The van der Waals surface area contributed by atoms with Gasteiger partial charge in [0.25, 0.3) is 5.91 Å². The van der Waals surface area contributed by atoms with E-state index >= 15 is 0 Å². The van der Waals surface area contributed by atoms with Crippen molar-refractivity contribution in [1.82, 2.24) is 5.32 Å². The lowest BCUT2D eigenvalue weighted by atomic mass is 10.1. The van der Waals surface area contributed by atoms with Gasteiger partial charge in [-0.15, -0.1) is 0 Å². The lowest BCUT2D eigenvalue weighted by Gasteiger charge is -2.29. The summed E-state index contributed by atoms with van der Waals surface area (Å²) >= 11 is 0. The van der Waals surface area contributed by atoms with Gasteiger partial charge in [-0.25, -0.2) is 0 Å². The van der Waals surface area contributed by atoms with E-state index in [4.69, 9.17) is 4.74 Å². The normalized spacial score (nSPS) is 19.5. The largest absolute Gasteiger partial charge is 0.378 e. The van der Waals surface area contributed by atoms with E-state index in [9.17, 15) is 4.79 Å². The van der Waals surface area contributed by atoms with Gasteiger partial charge < -0.3 is 15.0 Å². The van der Waals surface area contributed by atoms with Crippen LogP contribution < -0.4 is 10.2 Å². The van der Waals surface area contributed by atoms with Crippen molar-refractivity contribution < 1.29 is 9.53 Å². The van der Waals surface area contributed by atoms with Crippen LogP contribution in [0.2, 0.25) is 0 Å². The third-order valence-electron chi connectivity index (χ3n) is 3.15. The number of carbonyl (C=O) groups excluding carboxylic acids is 1. The molecule has 0 radical (unpaired) electrons. The van der Waals surface area contributed by atoms with Gasteiger partial charge >= 0.3 is 0 Å². The number of carbonyl (C=O) groups is 1. The third kappa shape index (κ3) is 1.55. The maximum absolute atomic E-state index is 11.4. The zero-order valence-corrected chi connectivity index (χ0v) is 9.03. The fourth-order valence-electron chi connectivity index (χ4n) is 2.24. The SMILES string of the molecule is O=C1NCc2cc(N3CCOCC3)ccc21. The minimum absolute atomic E-state index is 0.0449. The molecule has 16 heavy (non-hydrogen) atoms. The lowest BCUT2D eigenvalue weighted by molar-refractivity contribution is 0.0965. The standard InChI is InChI=1S/C12H14N2O2/c15-12-11-2-1-10(7-9(11)8-13-12)14-3-5-16-6-4-14/h1-2,7H,3-6,8H2,(H,13,15). The molecular formula is C12H14N2O2. The number of nitrogens with zero attached hydrogens (tertiary/aromatic N) is 1. The number of benzene rings is 1. The van der Waals surface area contributed by atoms with Crippen molar-refractivity contribution in [3.63, 3.8) is 0 Å². The van der Waals surface area contributed by atoms with E-state index < -0.39 is 0 Å². The number of morpholine rings is 1. The molecule has 2 aliphatic heterocycles. The summed E-state index contributed by atoms with van der Waals surface area (Å²) in [7, 11) is 0. The van der Waals surface area contributed by atoms with E-state index in [0.717, 1.165) is 37.4 Å². The zero-order chi connectivity index (χ0) is 11.0. The Balaban J connectivity index is 1.89. The molecule has 0 unspecified atom stereocenters. The number of fused-ring (bicyclic) bond motifs is 1. The van der Waals surface area contributed by atoms with Crippen LogP contribution in [-0.2, 0) is 11.3 Å². The molecule has 1 aromatic carbocycles. The van der Waals surface area contributed by atoms with Gasteiger partial charge in [0.2, 0.25) is 0 Å². The van der Waals surface area contributed by atoms with E-state index in [-0.39, 0.29) is 5.91 Å². The van der Waals surface area contributed by atoms with Crippen molar-refractivity contribution in [2.45, 2.75) is 6.54 Å². The van der Waals surface area contributed by atoms with Gasteiger partial charge in [0, 0.05) is 30.9 Å². The van der Waals surface area contributed by atoms with Crippen LogP contribution in [0.5, 0.6) is 0 Å². The minimum Gasteiger partial charge on any atom is -0.378 e. The molecule has 1 saturated heterocycles. The Morgan fingerprint density at radius 3 is 2.88 bits per heavy atom. The van der Waals surface area contributed by atoms with Crippen LogP contribution in [0.15, 0.2) is 18.2 Å². The average Bonchev–Trinajstić information content (AvgIpc) is 2.72. The van der Waals surface area contributed by atoms with Crippen molar-refractivity contribution in [1.29, 1.82) is 0 Å². The summed E-state index contributed by atoms with van der Waals surface area (Å²) in [6, 6.07) is 6.05. The Labute approximate surface area is 94.2 Å². The predicted octanol–water partition coefficient (Wildman–Crippen LogP) is 0.767. The van der Waals surface area contributed by atoms with Crippen LogP contribution in [0.25, 0.3) is 0 Å². The number of nitrogens with one attached hydrogen (secondary N) is 1. The van der Waals surface area contributed by atoms with Crippen molar-refractivity contribution in [3.05, 3.63) is 29.3 Å². The molecule has 0 aromatic heterocycles. The molecule has 2 heterocycles. The monoisotopic (exact) mass is 218 g/mol. The van der Waals surface area contributed by atoms with Crippen LogP contribution >= 0.6 is 0 Å². The average molecular weight is 218 g/mol. The number of rotatable bonds is 1. The van der Waals surface area contributed by atoms with Crippen molar-refractivity contribution in [2.24, 2.45) is 0 Å². The van der Waals surface area contributed by atoms with Gasteiger partial charge in [-0.1, -0.05) is 0 Å². The Bertz CT molecular complexity index is 425. The highest BCUT2D eigenvalue weighted by atomic mass is 16.5. The molecule has 4 nitrogen and oxygen atoms in total. The highest BCUT2D eigenvalue weighted by molar-refractivity contribution is 5.98. The summed E-state index contributed by atoms with van der Waals surface area (Å²) in [5, 5.41) is 2.83. The molecule has 1 N–H and O–H groups in total. The summed E-state index contributed by atoms with van der Waals surface area (Å²) in [6.45, 7) is 4.09. The molecule has 1 aromatic rings. The molecule has 0 bridgehead atoms. The summed E-state index contributed by atoms with van der Waals surface area (Å²) in [5.41, 5.74) is 3.12. The van der Waals surface area contributed by atoms with Gasteiger partial charge in [-0.3, -0.25) is 4.79 Å². The quantitative estimate of drug-likeness (QED) is 0.757. The first-order valence-electron chi connectivity index (χ1n) is 5.58. The van der Waals surface area contributed by atoms with Crippen LogP contribution in [0, 0.1) is 0 Å². The fraction of sp³-hybridized carbons (Fsp3) is 0.417. The van der Waals surface area contributed by atoms with Crippen molar-refractivity contribution in [2.75, 3.05) is 31.2 Å². The molecule has 0 atom stereocenters. The van der Waals surface area contributed by atoms with E-state index in [1.54, 1.807) is 0 Å². The van der Waals surface area contributed by atoms with Gasteiger partial charge in [0.1, 0.15) is 0 Å². The summed E-state index contributed by atoms with van der Waals surface area (Å²) in [4.78, 5) is 13.7. The zero-order valence-electron chi connectivity index (χ0n) is 9.03. The van der Waals surface area contributed by atoms with E-state index in [0.29, 0.717) is 6.54 Å². The Morgan fingerprint density at radius 2 is 2.06 bits per heavy atom. The molecule has 0 saturated carbocycles. The molecule has 1 fully saturated rings. The summed E-state index contributed by atoms with van der Waals surface area (Å²) in [6.07, 6.45) is 0. The predicted molar refractivity (Wildman–Crippen MR) is 60.6 cm³/mol. The maximum atomic E-state index is 11.4. The third-order valence-corrected chi connectivity index (χ3v) is 3.15. The van der Waals surface area contributed by atoms with Crippen LogP contribution in [0.1, 0.15) is 15.9 Å². The summed E-state index contributed by atoms with van der Waals surface area (Å²) in [5.74, 6) is 0.0449. The van der Waals surface area contributed by atoms with Crippen LogP contribution in [-0.4, -0.2) is 32.2 Å². The number of hydrogen-bond acceptors (Lipinski definition) is 3. The topological polar surface area (TPSA) is 41.6 Å². The second-order valence-corrected chi connectivity index (χ2v) is 4.12. The molecule has 0 aliphatic carbocycles. The highest BCUT2D eigenvalue weighted by Crippen LogP contribution is 2.23. The molecule has 3 rings (SSSR count).